The van der Waals surface area contributed by atoms with Crippen molar-refractivity contribution < 1.29 is 0 Å². The molecule has 7 heavy (non-hydrogen) atoms. The van der Waals surface area contributed by atoms with E-state index in [4.69, 9.17) is 6.57 Å². The Morgan fingerprint density at radius 3 is 2.43 bits per heavy atom. The van der Waals surface area contributed by atoms with E-state index in [2.05, 4.69) is 9.84 Å². The van der Waals surface area contributed by atoms with Crippen LogP contribution in [0.15, 0.2) is 4.99 Å². The predicted octanol–water partition coefficient (Wildman–Crippen LogP) is 1.34. The molecule has 0 radical (unpaired) electrons. The summed E-state index contributed by atoms with van der Waals surface area (Å²) in [4.78, 5) is 6.84. The number of hydrogen-bond donors (Lipinski definition) is 0. The zero-order valence-electron chi connectivity index (χ0n) is 4.60. The lowest BCUT2D eigenvalue weighted by Crippen LogP contribution is -1.79. The molecule has 0 spiro atoms. The summed E-state index contributed by atoms with van der Waals surface area (Å²) in [6.45, 7) is 10.4. The van der Waals surface area contributed by atoms with Crippen LogP contribution in [0.5, 0.6) is 0 Å². The van der Waals surface area contributed by atoms with Crippen LogP contribution in [-0.2, 0) is 0 Å². The number of hydrogen-bond acceptors (Lipinski definition) is 1. The second-order valence-corrected chi connectivity index (χ2v) is 1.40. The van der Waals surface area contributed by atoms with Gasteiger partial charge in [-0.2, -0.15) is 0 Å². The van der Waals surface area contributed by atoms with Crippen LogP contribution in [0.3, 0.4) is 0 Å². The number of aliphatic imine (C=N–C) groups is 1. The SMILES string of the molecule is [C-]#[N+]CN=C(C)C. The van der Waals surface area contributed by atoms with Crippen molar-refractivity contribution in [3.8, 4) is 0 Å². The Morgan fingerprint density at radius 2 is 2.29 bits per heavy atom. The fourth-order valence-corrected chi connectivity index (χ4v) is 0.177. The van der Waals surface area contributed by atoms with Crippen LogP contribution in [0, 0.1) is 6.57 Å². The van der Waals surface area contributed by atoms with E-state index in [1.165, 1.54) is 0 Å². The first-order valence-electron chi connectivity index (χ1n) is 2.08. The highest BCUT2D eigenvalue weighted by molar-refractivity contribution is 5.79. The summed E-state index contributed by atoms with van der Waals surface area (Å²) < 4.78 is 0. The molecule has 0 aromatic heterocycles. The summed E-state index contributed by atoms with van der Waals surface area (Å²) >= 11 is 0. The van der Waals surface area contributed by atoms with Gasteiger partial charge in [0.2, 0.25) is 0 Å². The van der Waals surface area contributed by atoms with Crippen LogP contribution in [-0.4, -0.2) is 12.4 Å². The third kappa shape index (κ3) is 5.16. The van der Waals surface area contributed by atoms with E-state index in [1.807, 2.05) is 13.8 Å². The van der Waals surface area contributed by atoms with Crippen molar-refractivity contribution in [2.75, 3.05) is 6.67 Å². The normalized spacial score (nSPS) is 7.00. The molecule has 0 heterocycles. The zero-order valence-corrected chi connectivity index (χ0v) is 4.60. The molecule has 0 unspecified atom stereocenters. The second-order valence-electron chi connectivity index (χ2n) is 1.40. The minimum Gasteiger partial charge on any atom is -0.291 e. The van der Waals surface area contributed by atoms with Gasteiger partial charge in [0.05, 0.1) is 0 Å². The minimum atomic E-state index is 0.280. The van der Waals surface area contributed by atoms with E-state index in [9.17, 15) is 0 Å². The summed E-state index contributed by atoms with van der Waals surface area (Å²) in [6.07, 6.45) is 0. The Labute approximate surface area is 43.7 Å². The van der Waals surface area contributed by atoms with Crippen molar-refractivity contribution >= 4 is 5.71 Å². The molecule has 0 aromatic carbocycles. The van der Waals surface area contributed by atoms with Gasteiger partial charge < -0.3 is 0 Å². The van der Waals surface area contributed by atoms with Crippen LogP contribution in [0.2, 0.25) is 0 Å². The van der Waals surface area contributed by atoms with Gasteiger partial charge in [0, 0.05) is 5.71 Å². The lowest BCUT2D eigenvalue weighted by Gasteiger charge is -1.77. The molecule has 0 atom stereocenters. The average Bonchev–Trinajstić information content (AvgIpc) is 1.61. The highest BCUT2D eigenvalue weighted by Gasteiger charge is 1.74. The number of rotatable bonds is 1. The molecule has 0 amide bonds. The van der Waals surface area contributed by atoms with E-state index >= 15 is 0 Å². The van der Waals surface area contributed by atoms with Crippen LogP contribution in [0.4, 0.5) is 0 Å². The van der Waals surface area contributed by atoms with E-state index in [0.29, 0.717) is 0 Å². The molecule has 0 saturated heterocycles. The van der Waals surface area contributed by atoms with Gasteiger partial charge in [-0.15, -0.1) is 0 Å². The molecular formula is C5H8N2. The van der Waals surface area contributed by atoms with Gasteiger partial charge in [-0.1, -0.05) is 0 Å². The molecule has 0 fully saturated rings. The average molecular weight is 96.1 g/mol. The monoisotopic (exact) mass is 96.1 g/mol. The molecule has 0 aliphatic rings. The molecule has 2 nitrogen and oxygen atoms in total. The Hall–Kier alpha value is -0.840. The van der Waals surface area contributed by atoms with Crippen molar-refractivity contribution in [1.82, 2.24) is 0 Å². The van der Waals surface area contributed by atoms with Crippen molar-refractivity contribution in [2.24, 2.45) is 4.99 Å². The van der Waals surface area contributed by atoms with Crippen LogP contribution in [0.1, 0.15) is 13.8 Å². The maximum atomic E-state index is 6.31. The summed E-state index contributed by atoms with van der Waals surface area (Å²) in [7, 11) is 0. The second kappa shape index (κ2) is 3.35. The first kappa shape index (κ1) is 6.16. The van der Waals surface area contributed by atoms with Crippen molar-refractivity contribution in [3.05, 3.63) is 11.4 Å². The van der Waals surface area contributed by atoms with Crippen molar-refractivity contribution in [3.63, 3.8) is 0 Å². The molecule has 2 heteroatoms. The largest absolute Gasteiger partial charge is 0.306 e. The van der Waals surface area contributed by atoms with Crippen LogP contribution < -0.4 is 0 Å². The summed E-state index contributed by atoms with van der Waals surface area (Å²) in [5.74, 6) is 0. The van der Waals surface area contributed by atoms with Gasteiger partial charge in [-0.3, -0.25) is 4.85 Å². The standard InChI is InChI=1S/C5H8N2/c1-5(2)7-4-6-3/h4H2,1-2H3. The Kier molecular flexibility index (Phi) is 2.95. The lowest BCUT2D eigenvalue weighted by molar-refractivity contribution is 1.22. The van der Waals surface area contributed by atoms with Gasteiger partial charge in [0.25, 0.3) is 0 Å². The molecular weight excluding hydrogens is 88.1 g/mol. The molecule has 0 saturated carbocycles. The molecule has 0 aliphatic heterocycles. The maximum Gasteiger partial charge on any atom is 0.306 e. The molecule has 0 aromatic rings. The van der Waals surface area contributed by atoms with E-state index in [1.54, 1.807) is 0 Å². The van der Waals surface area contributed by atoms with Gasteiger partial charge in [0.15, 0.2) is 0 Å². The molecule has 0 N–H and O–H groups in total. The van der Waals surface area contributed by atoms with Crippen LogP contribution >= 0.6 is 0 Å². The molecule has 0 aliphatic carbocycles. The quantitative estimate of drug-likeness (QED) is 0.346. The lowest BCUT2D eigenvalue weighted by atomic mass is 10.5. The Balaban J connectivity index is 3.32. The Morgan fingerprint density at radius 1 is 1.71 bits per heavy atom. The number of nitrogens with zero attached hydrogens (tertiary/aromatic N) is 2. The van der Waals surface area contributed by atoms with E-state index < -0.39 is 0 Å². The predicted molar refractivity (Wildman–Crippen MR) is 30.3 cm³/mol. The molecule has 0 bridgehead atoms. The highest BCUT2D eigenvalue weighted by Crippen LogP contribution is 1.74. The maximum absolute atomic E-state index is 6.31. The topological polar surface area (TPSA) is 16.7 Å². The van der Waals surface area contributed by atoms with Crippen molar-refractivity contribution in [1.29, 1.82) is 0 Å². The Bertz CT molecular complexity index is 104. The highest BCUT2D eigenvalue weighted by atomic mass is 14.9. The smallest absolute Gasteiger partial charge is 0.291 e. The first-order chi connectivity index (χ1) is 3.27. The third-order valence-electron chi connectivity index (χ3n) is 0.458. The fraction of sp³-hybridized carbons (Fsp3) is 0.600. The van der Waals surface area contributed by atoms with Crippen molar-refractivity contribution in [2.45, 2.75) is 13.8 Å². The third-order valence-corrected chi connectivity index (χ3v) is 0.458. The van der Waals surface area contributed by atoms with E-state index in [-0.39, 0.29) is 6.67 Å². The summed E-state index contributed by atoms with van der Waals surface area (Å²) in [6, 6.07) is 0. The van der Waals surface area contributed by atoms with Gasteiger partial charge in [-0.05, 0) is 13.8 Å². The zero-order chi connectivity index (χ0) is 5.70. The van der Waals surface area contributed by atoms with Crippen LogP contribution in [0.25, 0.3) is 4.85 Å². The minimum absolute atomic E-state index is 0.280. The fourth-order valence-electron chi connectivity index (χ4n) is 0.177. The summed E-state index contributed by atoms with van der Waals surface area (Å²) in [5.41, 5.74) is 0.969. The molecule has 38 valence electrons. The summed E-state index contributed by atoms with van der Waals surface area (Å²) in [5, 5.41) is 0. The van der Waals surface area contributed by atoms with E-state index in [0.717, 1.165) is 5.71 Å². The van der Waals surface area contributed by atoms with Gasteiger partial charge in [-0.25, -0.2) is 11.6 Å². The molecule has 0 rings (SSSR count). The van der Waals surface area contributed by atoms with Gasteiger partial charge >= 0.3 is 6.67 Å². The first-order valence-corrected chi connectivity index (χ1v) is 2.08. The van der Waals surface area contributed by atoms with Gasteiger partial charge in [0.1, 0.15) is 0 Å².